The Bertz CT molecular complexity index is 762. The normalized spacial score (nSPS) is 25.8. The maximum Gasteiger partial charge on any atom is 0.338 e. The monoisotopic (exact) mass is 424 g/mol. The molecule has 1 heterocycles. The van der Waals surface area contributed by atoms with Gasteiger partial charge < -0.3 is 34.0 Å². The predicted octanol–water partition coefficient (Wildman–Crippen LogP) is 0.134. The van der Waals surface area contributed by atoms with Crippen LogP contribution in [0.2, 0.25) is 0 Å². The van der Waals surface area contributed by atoms with E-state index in [1.165, 1.54) is 19.1 Å². The number of carbonyl (C=O) groups is 4. The Morgan fingerprint density at radius 2 is 1.60 bits per heavy atom. The van der Waals surface area contributed by atoms with Crippen molar-refractivity contribution in [3.8, 4) is 0 Å². The molecule has 1 aliphatic heterocycles. The lowest BCUT2D eigenvalue weighted by molar-refractivity contribution is -0.291. The van der Waals surface area contributed by atoms with E-state index in [1.807, 2.05) is 0 Å². The maximum absolute atomic E-state index is 12.5. The van der Waals surface area contributed by atoms with Crippen molar-refractivity contribution in [1.82, 2.24) is 0 Å². The van der Waals surface area contributed by atoms with Crippen LogP contribution in [-0.2, 0) is 33.3 Å². The number of aliphatic hydroxyl groups excluding tert-OH is 2. The van der Waals surface area contributed by atoms with Crippen molar-refractivity contribution in [1.29, 1.82) is 0 Å². The van der Waals surface area contributed by atoms with Crippen molar-refractivity contribution in [3.63, 3.8) is 0 Å². The molecule has 0 spiro atoms. The van der Waals surface area contributed by atoms with Crippen LogP contribution >= 0.6 is 0 Å². The minimum atomic E-state index is -1.77. The molecule has 0 saturated carbocycles. The molecule has 2 N–H and O–H groups in total. The molecule has 0 aliphatic carbocycles. The third kappa shape index (κ3) is 6.34. The third-order valence-electron chi connectivity index (χ3n) is 4.29. The Hall–Kier alpha value is -2.82. The SMILES string of the molecule is CC(=O)CCC(=O)O[C@@H]1[C@@H](OC(=O)c2ccccc2)[C@@H](O)O[C@H](CO)[C@H]1OC(C)=O. The lowest BCUT2D eigenvalue weighted by Crippen LogP contribution is -2.62. The maximum atomic E-state index is 12.5. The lowest BCUT2D eigenvalue weighted by Gasteiger charge is -2.42. The van der Waals surface area contributed by atoms with E-state index in [4.69, 9.17) is 18.9 Å². The van der Waals surface area contributed by atoms with Crippen LogP contribution in [0.25, 0.3) is 0 Å². The fourth-order valence-electron chi connectivity index (χ4n) is 2.89. The summed E-state index contributed by atoms with van der Waals surface area (Å²) in [5.74, 6) is -2.68. The Morgan fingerprint density at radius 3 is 2.17 bits per heavy atom. The molecule has 1 saturated heterocycles. The highest BCUT2D eigenvalue weighted by atomic mass is 16.7. The number of carbonyl (C=O) groups excluding carboxylic acids is 4. The smallest absolute Gasteiger partial charge is 0.338 e. The summed E-state index contributed by atoms with van der Waals surface area (Å²) in [4.78, 5) is 47.3. The average Bonchev–Trinajstić information content (AvgIpc) is 2.71. The van der Waals surface area contributed by atoms with Crippen LogP contribution in [0.4, 0.5) is 0 Å². The molecule has 1 aromatic carbocycles. The zero-order chi connectivity index (χ0) is 22.3. The van der Waals surface area contributed by atoms with Gasteiger partial charge in [0.25, 0.3) is 0 Å². The van der Waals surface area contributed by atoms with Gasteiger partial charge in [-0.3, -0.25) is 9.59 Å². The molecule has 30 heavy (non-hydrogen) atoms. The lowest BCUT2D eigenvalue weighted by atomic mass is 9.98. The minimum Gasteiger partial charge on any atom is -0.456 e. The molecule has 2 rings (SSSR count). The minimum absolute atomic E-state index is 0.0826. The summed E-state index contributed by atoms with van der Waals surface area (Å²) in [5, 5.41) is 19.9. The molecule has 0 aromatic heterocycles. The van der Waals surface area contributed by atoms with E-state index >= 15 is 0 Å². The van der Waals surface area contributed by atoms with Gasteiger partial charge in [0, 0.05) is 13.3 Å². The summed E-state index contributed by atoms with van der Waals surface area (Å²) >= 11 is 0. The van der Waals surface area contributed by atoms with Gasteiger partial charge in [0.05, 0.1) is 18.6 Å². The first-order chi connectivity index (χ1) is 14.2. The summed E-state index contributed by atoms with van der Waals surface area (Å²) in [6.07, 6.45) is -7.73. The summed E-state index contributed by atoms with van der Waals surface area (Å²) in [7, 11) is 0. The molecule has 0 radical (unpaired) electrons. The first-order valence-electron chi connectivity index (χ1n) is 9.29. The van der Waals surface area contributed by atoms with Crippen molar-refractivity contribution in [2.24, 2.45) is 0 Å². The number of rotatable bonds is 8. The van der Waals surface area contributed by atoms with Gasteiger partial charge in [-0.05, 0) is 19.1 Å². The van der Waals surface area contributed by atoms with E-state index in [0.29, 0.717) is 0 Å². The largest absolute Gasteiger partial charge is 0.456 e. The Morgan fingerprint density at radius 1 is 0.933 bits per heavy atom. The molecule has 164 valence electrons. The third-order valence-corrected chi connectivity index (χ3v) is 4.29. The van der Waals surface area contributed by atoms with E-state index < -0.39 is 55.2 Å². The van der Waals surface area contributed by atoms with E-state index in [2.05, 4.69) is 0 Å². The molecule has 0 unspecified atom stereocenters. The summed E-state index contributed by atoms with van der Waals surface area (Å²) in [6, 6.07) is 7.86. The van der Waals surface area contributed by atoms with Crippen LogP contribution in [0.1, 0.15) is 37.0 Å². The molecular formula is C20H24O10. The molecule has 1 fully saturated rings. The number of Topliss-reactive ketones (excluding diaryl/α,β-unsaturated/α-hetero) is 1. The number of esters is 3. The average molecular weight is 424 g/mol. The van der Waals surface area contributed by atoms with Gasteiger partial charge in [-0.1, -0.05) is 18.2 Å². The van der Waals surface area contributed by atoms with Crippen molar-refractivity contribution < 1.29 is 48.3 Å². The van der Waals surface area contributed by atoms with Crippen molar-refractivity contribution in [3.05, 3.63) is 35.9 Å². The first-order valence-corrected chi connectivity index (χ1v) is 9.29. The number of ketones is 1. The second kappa shape index (κ2) is 10.8. The Labute approximate surface area is 172 Å². The molecule has 0 bridgehead atoms. The number of hydrogen-bond acceptors (Lipinski definition) is 10. The van der Waals surface area contributed by atoms with Crippen molar-refractivity contribution >= 4 is 23.7 Å². The second-order valence-electron chi connectivity index (χ2n) is 6.71. The molecule has 5 atom stereocenters. The highest BCUT2D eigenvalue weighted by Crippen LogP contribution is 2.28. The predicted molar refractivity (Wildman–Crippen MR) is 99.0 cm³/mol. The highest BCUT2D eigenvalue weighted by Gasteiger charge is 2.51. The molecule has 1 aliphatic rings. The number of benzene rings is 1. The van der Waals surface area contributed by atoms with Crippen LogP contribution in [-0.4, -0.2) is 71.2 Å². The standard InChI is InChI=1S/C20H24O10/c1-11(22)8-9-15(24)29-17-16(27-12(2)23)14(10-21)28-20(26)18(17)30-19(25)13-6-4-3-5-7-13/h3-7,14,16-18,20-21,26H,8-10H2,1-2H3/t14-,16-,17+,18-,20+/m1/s1. The van der Waals surface area contributed by atoms with Gasteiger partial charge in [0.2, 0.25) is 0 Å². The fraction of sp³-hybridized carbons (Fsp3) is 0.500. The Balaban J connectivity index is 2.28. The number of hydrogen-bond donors (Lipinski definition) is 2. The van der Waals surface area contributed by atoms with Gasteiger partial charge in [-0.15, -0.1) is 0 Å². The zero-order valence-electron chi connectivity index (χ0n) is 16.6. The Kier molecular flexibility index (Phi) is 8.46. The molecule has 0 amide bonds. The van der Waals surface area contributed by atoms with Crippen LogP contribution in [0.5, 0.6) is 0 Å². The van der Waals surface area contributed by atoms with Crippen LogP contribution in [0, 0.1) is 0 Å². The summed E-state index contributed by atoms with van der Waals surface area (Å²) in [5.41, 5.74) is 0.166. The van der Waals surface area contributed by atoms with Gasteiger partial charge in [0.15, 0.2) is 24.6 Å². The zero-order valence-corrected chi connectivity index (χ0v) is 16.6. The number of ether oxygens (including phenoxy) is 4. The van der Waals surface area contributed by atoms with Crippen LogP contribution in [0.3, 0.4) is 0 Å². The van der Waals surface area contributed by atoms with Crippen molar-refractivity contribution in [2.75, 3.05) is 6.61 Å². The topological polar surface area (TPSA) is 146 Å². The summed E-state index contributed by atoms with van der Waals surface area (Å²) < 4.78 is 21.0. The quantitative estimate of drug-likeness (QED) is 0.436. The first kappa shape index (κ1) is 23.5. The van der Waals surface area contributed by atoms with Crippen LogP contribution in [0.15, 0.2) is 30.3 Å². The van der Waals surface area contributed by atoms with Crippen molar-refractivity contribution in [2.45, 2.75) is 57.4 Å². The van der Waals surface area contributed by atoms with E-state index in [-0.39, 0.29) is 24.2 Å². The van der Waals surface area contributed by atoms with E-state index in [9.17, 15) is 29.4 Å². The molecular weight excluding hydrogens is 400 g/mol. The second-order valence-corrected chi connectivity index (χ2v) is 6.71. The molecule has 10 nitrogen and oxygen atoms in total. The van der Waals surface area contributed by atoms with Gasteiger partial charge >= 0.3 is 17.9 Å². The molecule has 10 heteroatoms. The number of aliphatic hydroxyl groups is 2. The molecule has 1 aromatic rings. The van der Waals surface area contributed by atoms with Gasteiger partial charge in [-0.2, -0.15) is 0 Å². The highest BCUT2D eigenvalue weighted by molar-refractivity contribution is 5.89. The van der Waals surface area contributed by atoms with E-state index in [1.54, 1.807) is 18.2 Å². The fourth-order valence-corrected chi connectivity index (χ4v) is 2.89. The van der Waals surface area contributed by atoms with E-state index in [0.717, 1.165) is 6.92 Å². The summed E-state index contributed by atoms with van der Waals surface area (Å²) in [6.45, 7) is 1.73. The van der Waals surface area contributed by atoms with Gasteiger partial charge in [0.1, 0.15) is 11.9 Å². The van der Waals surface area contributed by atoms with Crippen LogP contribution < -0.4 is 0 Å². The van der Waals surface area contributed by atoms with Gasteiger partial charge in [-0.25, -0.2) is 4.79 Å².